The van der Waals surface area contributed by atoms with Gasteiger partial charge in [-0.15, -0.1) is 0 Å². The highest BCUT2D eigenvalue weighted by molar-refractivity contribution is 5.54. The van der Waals surface area contributed by atoms with E-state index in [9.17, 15) is 71.7 Å². The third-order valence-corrected chi connectivity index (χ3v) is 9.84. The lowest BCUT2D eigenvalue weighted by molar-refractivity contribution is -0.253. The number of hydrogen-bond acceptors (Lipinski definition) is 9. The summed E-state index contributed by atoms with van der Waals surface area (Å²) in [5, 5.41) is 19.4. The summed E-state index contributed by atoms with van der Waals surface area (Å²) in [4.78, 5) is 2.29. The van der Waals surface area contributed by atoms with Gasteiger partial charge in [-0.2, -0.15) is 61.5 Å². The number of ether oxygens (including phenoxy) is 4. The van der Waals surface area contributed by atoms with E-state index in [1.165, 1.54) is 60.7 Å². The van der Waals surface area contributed by atoms with Crippen LogP contribution in [-0.2, 0) is 13.1 Å². The van der Waals surface area contributed by atoms with Gasteiger partial charge in [0.05, 0.1) is 13.1 Å². The number of aryl methyl sites for hydroxylation is 1. The summed E-state index contributed by atoms with van der Waals surface area (Å²) in [6, 6.07) is 34.7. The van der Waals surface area contributed by atoms with Crippen molar-refractivity contribution in [2.24, 2.45) is 0 Å². The first-order valence-electron chi connectivity index (χ1n) is 21.0. The number of aliphatic hydroxyl groups is 2. The van der Waals surface area contributed by atoms with Gasteiger partial charge in [-0.1, -0.05) is 54.1 Å². The number of nitrogen functional groups attached to an aromatic ring is 1. The van der Waals surface area contributed by atoms with Crippen LogP contribution in [0.2, 0.25) is 0 Å². The fourth-order valence-electron chi connectivity index (χ4n) is 6.31. The summed E-state index contributed by atoms with van der Waals surface area (Å²) in [6.07, 6.45) is -33.0. The molecule has 0 radical (unpaired) electrons. The molecule has 0 spiro atoms. The van der Waals surface area contributed by atoms with Crippen molar-refractivity contribution in [1.82, 2.24) is 0 Å². The maximum Gasteiger partial charge on any atom is 0.461 e. The molecule has 6 aromatic rings. The molecule has 9 nitrogen and oxygen atoms in total. The van der Waals surface area contributed by atoms with Crippen LogP contribution >= 0.6 is 0 Å². The molecule has 0 saturated heterocycles. The second-order valence-electron chi connectivity index (χ2n) is 15.7. The molecule has 0 aromatic heterocycles. The second-order valence-corrected chi connectivity index (χ2v) is 15.7. The Hall–Kier alpha value is -7.14. The van der Waals surface area contributed by atoms with Crippen molar-refractivity contribution in [2.45, 2.75) is 69.6 Å². The number of nitrogens with two attached hydrogens (primary N) is 1. The highest BCUT2D eigenvalue weighted by Gasteiger charge is 2.45. The maximum atomic E-state index is 13.3. The standard InChI is InChI=1S/C25H22F7NO3.C24H21F7N2O3/c1-16-8-10-19(11-9-16)35-20-6-3-5-18(13-20)33(15-22(34)24(28,29)30)14-17-4-2-7-21(12-17)36-25(31,32)23(26)27;25-22(26)24(30,31)36-20-6-1-3-15(11-20)13-33(14-21(34)23(27,28)29)17-4-2-5-19(12-17)35-18-9-7-16(32)8-10-18/h2-13,22-23,34H,14-15H2,1H3;1-12,21-22,34H,13-14,32H2. The number of hydrogen-bond donors (Lipinski definition) is 3. The van der Waals surface area contributed by atoms with E-state index in [-0.39, 0.29) is 41.3 Å². The van der Waals surface area contributed by atoms with Crippen LogP contribution in [0.3, 0.4) is 0 Å². The number of benzene rings is 6. The smallest absolute Gasteiger partial charge is 0.457 e. The summed E-state index contributed by atoms with van der Waals surface area (Å²) in [5.41, 5.74) is 7.91. The molecule has 6 aromatic carbocycles. The first-order chi connectivity index (χ1) is 33.7. The molecule has 0 aliphatic rings. The van der Waals surface area contributed by atoms with Gasteiger partial charge >= 0.3 is 37.4 Å². The molecule has 0 aliphatic heterocycles. The van der Waals surface area contributed by atoms with E-state index < -0.39 is 74.2 Å². The van der Waals surface area contributed by atoms with Crippen molar-refractivity contribution >= 4 is 17.1 Å². The quantitative estimate of drug-likeness (QED) is 0.0509. The molecule has 0 fully saturated rings. The Kier molecular flexibility index (Phi) is 18.5. The predicted octanol–water partition coefficient (Wildman–Crippen LogP) is 13.2. The minimum Gasteiger partial charge on any atom is -0.457 e. The van der Waals surface area contributed by atoms with Crippen LogP contribution < -0.4 is 34.5 Å². The molecule has 388 valence electrons. The van der Waals surface area contributed by atoms with Crippen LogP contribution in [0.15, 0.2) is 146 Å². The summed E-state index contributed by atoms with van der Waals surface area (Å²) >= 11 is 0. The van der Waals surface area contributed by atoms with Crippen molar-refractivity contribution in [3.8, 4) is 34.5 Å². The van der Waals surface area contributed by atoms with E-state index >= 15 is 0 Å². The van der Waals surface area contributed by atoms with Crippen LogP contribution in [0.5, 0.6) is 34.5 Å². The SMILES string of the molecule is Cc1ccc(Oc2cccc(N(Cc3cccc(OC(F)(F)C(F)F)c3)CC(O)C(F)(F)F)c2)cc1.Nc1ccc(Oc2cccc(N(Cc3cccc(OC(F)(F)C(F)F)c3)CC(O)C(F)(F)F)c2)cc1. The molecule has 0 saturated carbocycles. The summed E-state index contributed by atoms with van der Waals surface area (Å²) in [7, 11) is 0. The van der Waals surface area contributed by atoms with Crippen LogP contribution in [0.4, 0.5) is 78.5 Å². The van der Waals surface area contributed by atoms with Gasteiger partial charge in [0.2, 0.25) is 0 Å². The molecular formula is C49H43F14N3O6. The molecule has 0 amide bonds. The number of alkyl halides is 14. The third kappa shape index (κ3) is 17.0. The van der Waals surface area contributed by atoms with Crippen LogP contribution in [0.25, 0.3) is 0 Å². The van der Waals surface area contributed by atoms with Crippen LogP contribution in [-0.4, -0.2) is 72.9 Å². The summed E-state index contributed by atoms with van der Waals surface area (Å²) < 4.78 is 201. The van der Waals surface area contributed by atoms with Gasteiger partial charge in [-0.25, -0.2) is 0 Å². The number of nitrogens with zero attached hydrogens (tertiary/aromatic N) is 2. The lowest BCUT2D eigenvalue weighted by atomic mass is 10.1. The van der Waals surface area contributed by atoms with Gasteiger partial charge < -0.3 is 44.7 Å². The topological polar surface area (TPSA) is 110 Å². The monoisotopic (exact) mass is 1040 g/mol. The Labute approximate surface area is 402 Å². The molecule has 72 heavy (non-hydrogen) atoms. The zero-order chi connectivity index (χ0) is 53.0. The molecule has 4 N–H and O–H groups in total. The van der Waals surface area contributed by atoms with Gasteiger partial charge in [0.25, 0.3) is 0 Å². The summed E-state index contributed by atoms with van der Waals surface area (Å²) in [6.45, 7) is -0.514. The van der Waals surface area contributed by atoms with E-state index in [1.54, 1.807) is 48.5 Å². The zero-order valence-corrected chi connectivity index (χ0v) is 37.3. The van der Waals surface area contributed by atoms with E-state index in [1.807, 2.05) is 19.1 Å². The minimum absolute atomic E-state index is 0.164. The maximum absolute atomic E-state index is 13.3. The van der Waals surface area contributed by atoms with Gasteiger partial charge in [-0.3, -0.25) is 0 Å². The molecule has 0 bridgehead atoms. The number of halogens is 14. The van der Waals surface area contributed by atoms with Crippen LogP contribution in [0, 0.1) is 6.92 Å². The van der Waals surface area contributed by atoms with Gasteiger partial charge in [0, 0.05) is 42.3 Å². The van der Waals surface area contributed by atoms with Crippen LogP contribution in [0.1, 0.15) is 16.7 Å². The number of anilines is 3. The molecule has 0 heterocycles. The Morgan fingerprint density at radius 2 is 0.806 bits per heavy atom. The number of aliphatic hydroxyl groups excluding tert-OH is 2. The average Bonchev–Trinajstić information content (AvgIpc) is 3.30. The van der Waals surface area contributed by atoms with Crippen molar-refractivity contribution in [3.05, 3.63) is 162 Å². The van der Waals surface area contributed by atoms with Crippen molar-refractivity contribution in [1.29, 1.82) is 0 Å². The predicted molar refractivity (Wildman–Crippen MR) is 237 cm³/mol. The Morgan fingerprint density at radius 1 is 0.458 bits per heavy atom. The normalized spacial score (nSPS) is 12.9. The largest absolute Gasteiger partial charge is 0.461 e. The Balaban J connectivity index is 0.000000267. The lowest BCUT2D eigenvalue weighted by Gasteiger charge is -2.29. The Morgan fingerprint density at radius 3 is 1.17 bits per heavy atom. The summed E-state index contributed by atoms with van der Waals surface area (Å²) in [5.74, 6) is 0.270. The molecule has 6 rings (SSSR count). The first kappa shape index (κ1) is 55.8. The molecule has 23 heteroatoms. The molecule has 2 unspecified atom stereocenters. The second kappa shape index (κ2) is 23.8. The first-order valence-corrected chi connectivity index (χ1v) is 21.0. The number of rotatable bonds is 20. The molecule has 2 atom stereocenters. The third-order valence-electron chi connectivity index (χ3n) is 9.84. The Bertz CT molecular complexity index is 2460. The molecular weight excluding hydrogens is 993 g/mol. The highest BCUT2D eigenvalue weighted by atomic mass is 19.4. The fraction of sp³-hybridized carbons (Fsp3) is 0.265. The zero-order valence-electron chi connectivity index (χ0n) is 37.3. The highest BCUT2D eigenvalue weighted by Crippen LogP contribution is 2.34. The average molecular weight is 1040 g/mol. The lowest BCUT2D eigenvalue weighted by Crippen LogP contribution is -2.40. The van der Waals surface area contributed by atoms with E-state index in [2.05, 4.69) is 9.47 Å². The van der Waals surface area contributed by atoms with E-state index in [0.29, 0.717) is 22.9 Å². The van der Waals surface area contributed by atoms with Crippen molar-refractivity contribution in [3.63, 3.8) is 0 Å². The van der Waals surface area contributed by atoms with Crippen molar-refractivity contribution < 1.29 is 90.6 Å². The van der Waals surface area contributed by atoms with Gasteiger partial charge in [0.15, 0.2) is 12.2 Å². The molecule has 0 aliphatic carbocycles. The van der Waals surface area contributed by atoms with Crippen molar-refractivity contribution in [2.75, 3.05) is 28.6 Å². The fourth-order valence-corrected chi connectivity index (χ4v) is 6.31. The van der Waals surface area contributed by atoms with E-state index in [4.69, 9.17) is 15.2 Å². The van der Waals surface area contributed by atoms with Gasteiger partial charge in [0.1, 0.15) is 34.5 Å². The van der Waals surface area contributed by atoms with Gasteiger partial charge in [-0.05, 0) is 103 Å². The minimum atomic E-state index is -4.93. The van der Waals surface area contributed by atoms with E-state index in [0.717, 1.165) is 39.6 Å².